The lowest BCUT2D eigenvalue weighted by molar-refractivity contribution is 0.247. The zero-order chi connectivity index (χ0) is 18.4. The molecule has 0 radical (unpaired) electrons. The third-order valence-corrected chi connectivity index (χ3v) is 6.84. The van der Waals surface area contributed by atoms with Gasteiger partial charge in [-0.05, 0) is 56.9 Å². The van der Waals surface area contributed by atoms with Crippen LogP contribution in [0.3, 0.4) is 0 Å². The highest BCUT2D eigenvalue weighted by molar-refractivity contribution is 7.89. The Morgan fingerprint density at radius 2 is 1.76 bits per heavy atom. The molecule has 0 aromatic heterocycles. The summed E-state index contributed by atoms with van der Waals surface area (Å²) in [5, 5.41) is 5.66. The monoisotopic (exact) mass is 367 g/mol. The van der Waals surface area contributed by atoms with E-state index in [1.807, 2.05) is 13.8 Å². The summed E-state index contributed by atoms with van der Waals surface area (Å²) in [6.07, 6.45) is 6.14. The van der Waals surface area contributed by atoms with Gasteiger partial charge in [0.2, 0.25) is 10.0 Å². The van der Waals surface area contributed by atoms with Crippen LogP contribution in [0.15, 0.2) is 29.2 Å². The second-order valence-corrected chi connectivity index (χ2v) is 8.98. The van der Waals surface area contributed by atoms with Gasteiger partial charge in [-0.25, -0.2) is 13.2 Å². The molecule has 1 aromatic carbocycles. The molecule has 2 amide bonds. The van der Waals surface area contributed by atoms with Crippen molar-refractivity contribution in [2.45, 2.75) is 56.9 Å². The van der Waals surface area contributed by atoms with Crippen molar-refractivity contribution in [3.8, 4) is 0 Å². The predicted octanol–water partition coefficient (Wildman–Crippen LogP) is 3.42. The summed E-state index contributed by atoms with van der Waals surface area (Å²) >= 11 is 0. The molecule has 0 bridgehead atoms. The van der Waals surface area contributed by atoms with Crippen LogP contribution in [0.1, 0.15) is 46.0 Å². The predicted molar refractivity (Wildman–Crippen MR) is 100 cm³/mol. The Balaban J connectivity index is 1.90. The summed E-state index contributed by atoms with van der Waals surface area (Å²) in [5.41, 5.74) is 0.576. The van der Waals surface area contributed by atoms with Gasteiger partial charge in [-0.2, -0.15) is 4.31 Å². The van der Waals surface area contributed by atoms with Crippen molar-refractivity contribution in [1.82, 2.24) is 9.62 Å². The number of benzene rings is 1. The molecule has 0 heterocycles. The number of nitrogens with zero attached hydrogens (tertiary/aromatic N) is 1. The van der Waals surface area contributed by atoms with E-state index in [0.717, 1.165) is 0 Å². The molecule has 1 saturated carbocycles. The van der Waals surface area contributed by atoms with Crippen LogP contribution in [0.4, 0.5) is 10.5 Å². The van der Waals surface area contributed by atoms with Crippen LogP contribution >= 0.6 is 0 Å². The number of carbonyl (C=O) groups excluding carboxylic acids is 1. The minimum absolute atomic E-state index is 0.117. The summed E-state index contributed by atoms with van der Waals surface area (Å²) in [6.45, 7) is 4.34. The summed E-state index contributed by atoms with van der Waals surface area (Å²) in [6, 6.07) is 5.90. The molecule has 0 unspecified atom stereocenters. The van der Waals surface area contributed by atoms with Gasteiger partial charge in [0.05, 0.1) is 4.90 Å². The first-order chi connectivity index (χ1) is 11.8. The molecule has 1 aliphatic carbocycles. The smallest absolute Gasteiger partial charge is 0.319 e. The first-order valence-electron chi connectivity index (χ1n) is 8.93. The Morgan fingerprint density at radius 1 is 1.16 bits per heavy atom. The summed E-state index contributed by atoms with van der Waals surface area (Å²) in [7, 11) is -1.94. The molecule has 140 valence electrons. The molecule has 1 aromatic rings. The molecular formula is C18H29N3O3S. The van der Waals surface area contributed by atoms with Crippen molar-refractivity contribution in [2.24, 2.45) is 5.92 Å². The van der Waals surface area contributed by atoms with E-state index < -0.39 is 10.0 Å². The van der Waals surface area contributed by atoms with Crippen LogP contribution < -0.4 is 10.6 Å². The van der Waals surface area contributed by atoms with E-state index in [-0.39, 0.29) is 17.0 Å². The Labute approximate surface area is 151 Å². The van der Waals surface area contributed by atoms with E-state index in [4.69, 9.17) is 0 Å². The Kier molecular flexibility index (Phi) is 6.84. The highest BCUT2D eigenvalue weighted by Crippen LogP contribution is 2.23. The van der Waals surface area contributed by atoms with E-state index >= 15 is 0 Å². The zero-order valence-electron chi connectivity index (χ0n) is 15.3. The molecule has 2 N–H and O–H groups in total. The maximum absolute atomic E-state index is 12.4. The second kappa shape index (κ2) is 8.67. The average molecular weight is 368 g/mol. The molecule has 6 nitrogen and oxygen atoms in total. The van der Waals surface area contributed by atoms with Gasteiger partial charge in [0.25, 0.3) is 0 Å². The highest BCUT2D eigenvalue weighted by Gasteiger charge is 2.22. The zero-order valence-corrected chi connectivity index (χ0v) is 16.1. The highest BCUT2D eigenvalue weighted by atomic mass is 32.2. The van der Waals surface area contributed by atoms with Crippen molar-refractivity contribution >= 4 is 21.7 Å². The van der Waals surface area contributed by atoms with E-state index in [0.29, 0.717) is 18.2 Å². The van der Waals surface area contributed by atoms with Crippen LogP contribution in [0.25, 0.3) is 0 Å². The molecular weight excluding hydrogens is 338 g/mol. The fourth-order valence-corrected chi connectivity index (χ4v) is 4.33. The number of rotatable bonds is 6. The standard InChI is InChI=1S/C18H29N3O3S/c1-14(2)21(3)25(23,24)17-11-9-16(10-12-17)20-18(22)19-13-15-7-5-4-6-8-15/h9-12,14-15H,4-8,13H2,1-3H3,(H2,19,20,22). The summed E-state index contributed by atoms with van der Waals surface area (Å²) in [4.78, 5) is 12.2. The third-order valence-electron chi connectivity index (χ3n) is 4.79. The van der Waals surface area contributed by atoms with Gasteiger partial charge < -0.3 is 10.6 Å². The van der Waals surface area contributed by atoms with Crippen LogP contribution in [-0.2, 0) is 10.0 Å². The topological polar surface area (TPSA) is 78.5 Å². The van der Waals surface area contributed by atoms with Gasteiger partial charge in [0.1, 0.15) is 0 Å². The molecule has 2 rings (SSSR count). The van der Waals surface area contributed by atoms with Crippen molar-refractivity contribution in [1.29, 1.82) is 0 Å². The SMILES string of the molecule is CC(C)N(C)S(=O)(=O)c1ccc(NC(=O)NCC2CCCCC2)cc1. The molecule has 0 atom stereocenters. The quantitative estimate of drug-likeness (QED) is 0.809. The van der Waals surface area contributed by atoms with Crippen molar-refractivity contribution < 1.29 is 13.2 Å². The Hall–Kier alpha value is -1.60. The largest absolute Gasteiger partial charge is 0.338 e. The van der Waals surface area contributed by atoms with E-state index in [9.17, 15) is 13.2 Å². The number of sulfonamides is 1. The van der Waals surface area contributed by atoms with Gasteiger partial charge in [-0.15, -0.1) is 0 Å². The summed E-state index contributed by atoms with van der Waals surface area (Å²) < 4.78 is 26.1. The molecule has 25 heavy (non-hydrogen) atoms. The normalized spacial score (nSPS) is 16.2. The summed E-state index contributed by atoms with van der Waals surface area (Å²) in [5.74, 6) is 0.568. The van der Waals surface area contributed by atoms with Crippen molar-refractivity contribution in [2.75, 3.05) is 18.9 Å². The van der Waals surface area contributed by atoms with E-state index in [1.54, 1.807) is 19.2 Å². The molecule has 0 spiro atoms. The maximum atomic E-state index is 12.4. The van der Waals surface area contributed by atoms with E-state index in [2.05, 4.69) is 10.6 Å². The number of amides is 2. The maximum Gasteiger partial charge on any atom is 0.319 e. The van der Waals surface area contributed by atoms with Gasteiger partial charge in [-0.1, -0.05) is 19.3 Å². The minimum atomic E-state index is -3.50. The Bertz CT molecular complexity index is 665. The fourth-order valence-electron chi connectivity index (χ4n) is 2.96. The first kappa shape index (κ1) is 19.7. The molecule has 7 heteroatoms. The second-order valence-electron chi connectivity index (χ2n) is 6.98. The number of anilines is 1. The molecule has 1 fully saturated rings. The van der Waals surface area contributed by atoms with Crippen LogP contribution in [0.5, 0.6) is 0 Å². The lowest BCUT2D eigenvalue weighted by Crippen LogP contribution is -2.34. The number of hydrogen-bond donors (Lipinski definition) is 2. The number of urea groups is 1. The number of nitrogens with one attached hydrogen (secondary N) is 2. The van der Waals surface area contributed by atoms with Crippen LogP contribution in [0.2, 0.25) is 0 Å². The van der Waals surface area contributed by atoms with Gasteiger partial charge in [0.15, 0.2) is 0 Å². The lowest BCUT2D eigenvalue weighted by Gasteiger charge is -2.22. The number of hydrogen-bond acceptors (Lipinski definition) is 3. The van der Waals surface area contributed by atoms with Crippen molar-refractivity contribution in [3.63, 3.8) is 0 Å². The molecule has 0 saturated heterocycles. The van der Waals surface area contributed by atoms with Gasteiger partial charge in [0, 0.05) is 25.3 Å². The lowest BCUT2D eigenvalue weighted by atomic mass is 9.89. The van der Waals surface area contributed by atoms with Crippen LogP contribution in [0, 0.1) is 5.92 Å². The Morgan fingerprint density at radius 3 is 2.32 bits per heavy atom. The van der Waals surface area contributed by atoms with E-state index in [1.165, 1.54) is 48.5 Å². The molecule has 0 aliphatic heterocycles. The third kappa shape index (κ3) is 5.44. The first-order valence-corrected chi connectivity index (χ1v) is 10.4. The van der Waals surface area contributed by atoms with Gasteiger partial charge in [-0.3, -0.25) is 0 Å². The average Bonchev–Trinajstić information content (AvgIpc) is 2.60. The number of carbonyl (C=O) groups is 1. The fraction of sp³-hybridized carbons (Fsp3) is 0.611. The van der Waals surface area contributed by atoms with Crippen LogP contribution in [-0.4, -0.2) is 38.4 Å². The molecule has 1 aliphatic rings. The van der Waals surface area contributed by atoms with Crippen molar-refractivity contribution in [3.05, 3.63) is 24.3 Å². The minimum Gasteiger partial charge on any atom is -0.338 e. The van der Waals surface area contributed by atoms with Gasteiger partial charge >= 0.3 is 6.03 Å².